The van der Waals surface area contributed by atoms with E-state index in [0.717, 1.165) is 29.9 Å². The summed E-state index contributed by atoms with van der Waals surface area (Å²) >= 11 is 0. The number of carbonyl (C=O) groups is 2. The van der Waals surface area contributed by atoms with Crippen LogP contribution in [0.4, 0.5) is 0 Å². The molecule has 0 spiro atoms. The van der Waals surface area contributed by atoms with Crippen LogP contribution in [-0.4, -0.2) is 17.0 Å². The molecule has 1 aliphatic carbocycles. The minimum Gasteiger partial charge on any atom is -0.481 e. The summed E-state index contributed by atoms with van der Waals surface area (Å²) in [5.74, 6) is 1.03. The maximum Gasteiger partial charge on any atom is 0.303 e. The molecule has 22 heavy (non-hydrogen) atoms. The van der Waals surface area contributed by atoms with Crippen molar-refractivity contribution in [3.63, 3.8) is 0 Å². The van der Waals surface area contributed by atoms with E-state index in [0.29, 0.717) is 19.3 Å². The highest BCUT2D eigenvalue weighted by atomic mass is 16.4. The molecule has 1 amide bonds. The zero-order valence-corrected chi connectivity index (χ0v) is 13.6. The number of unbranched alkanes of at least 4 members (excludes halogenated alkanes) is 1. The van der Waals surface area contributed by atoms with Crippen LogP contribution < -0.4 is 5.32 Å². The molecule has 2 N–H and O–H groups in total. The number of hydrogen-bond acceptors (Lipinski definition) is 3. The third-order valence-electron chi connectivity index (χ3n) is 4.12. The van der Waals surface area contributed by atoms with Crippen LogP contribution in [0.25, 0.3) is 0 Å². The second-order valence-electron chi connectivity index (χ2n) is 7.00. The number of amides is 1. The number of rotatable bonds is 6. The lowest BCUT2D eigenvalue weighted by molar-refractivity contribution is -0.137. The molecule has 1 heterocycles. The molecule has 0 saturated heterocycles. The van der Waals surface area contributed by atoms with Gasteiger partial charge in [0.05, 0.1) is 6.04 Å². The standard InChI is InChI=1S/C17H25NO4/c1-11-8-12-13(9-17(2,3)10-14(12)22-11)18-15(19)6-4-5-7-16(20)21/h8,13H,4-7,9-10H2,1-3H3,(H,18,19)(H,20,21). The highest BCUT2D eigenvalue weighted by molar-refractivity contribution is 5.76. The molecule has 1 aromatic rings. The van der Waals surface area contributed by atoms with E-state index in [1.165, 1.54) is 0 Å². The number of fused-ring (bicyclic) bond motifs is 1. The van der Waals surface area contributed by atoms with E-state index in [4.69, 9.17) is 9.52 Å². The van der Waals surface area contributed by atoms with Crippen LogP contribution in [0.5, 0.6) is 0 Å². The van der Waals surface area contributed by atoms with Crippen LogP contribution in [0.3, 0.4) is 0 Å². The summed E-state index contributed by atoms with van der Waals surface area (Å²) in [6, 6.07) is 2.00. The zero-order chi connectivity index (χ0) is 16.3. The Hall–Kier alpha value is -1.78. The van der Waals surface area contributed by atoms with E-state index in [1.807, 2.05) is 13.0 Å². The highest BCUT2D eigenvalue weighted by Gasteiger charge is 2.35. The second kappa shape index (κ2) is 6.55. The van der Waals surface area contributed by atoms with E-state index >= 15 is 0 Å². The van der Waals surface area contributed by atoms with Crippen molar-refractivity contribution >= 4 is 11.9 Å². The SMILES string of the molecule is Cc1cc2c(o1)CC(C)(C)CC2NC(=O)CCCCC(=O)O. The van der Waals surface area contributed by atoms with E-state index < -0.39 is 5.97 Å². The Morgan fingerprint density at radius 2 is 2.05 bits per heavy atom. The van der Waals surface area contributed by atoms with Gasteiger partial charge in [0, 0.05) is 24.8 Å². The van der Waals surface area contributed by atoms with Gasteiger partial charge in [-0.25, -0.2) is 0 Å². The predicted molar refractivity (Wildman–Crippen MR) is 82.5 cm³/mol. The number of hydrogen-bond donors (Lipinski definition) is 2. The fraction of sp³-hybridized carbons (Fsp3) is 0.647. The third kappa shape index (κ3) is 4.36. The van der Waals surface area contributed by atoms with Gasteiger partial charge in [-0.3, -0.25) is 9.59 Å². The zero-order valence-electron chi connectivity index (χ0n) is 13.6. The van der Waals surface area contributed by atoms with Crippen molar-refractivity contribution < 1.29 is 19.1 Å². The largest absolute Gasteiger partial charge is 0.481 e. The summed E-state index contributed by atoms with van der Waals surface area (Å²) in [6.45, 7) is 6.29. The number of aliphatic carboxylic acids is 1. The quantitative estimate of drug-likeness (QED) is 0.790. The molecule has 0 saturated carbocycles. The summed E-state index contributed by atoms with van der Waals surface area (Å²) in [5.41, 5.74) is 1.19. The van der Waals surface area contributed by atoms with Crippen LogP contribution in [0, 0.1) is 12.3 Å². The molecule has 1 aromatic heterocycles. The molecule has 0 aromatic carbocycles. The molecule has 1 aliphatic rings. The molecule has 1 unspecified atom stereocenters. The van der Waals surface area contributed by atoms with E-state index in [2.05, 4.69) is 19.2 Å². The monoisotopic (exact) mass is 307 g/mol. The first kappa shape index (κ1) is 16.6. The fourth-order valence-corrected chi connectivity index (χ4v) is 3.14. The van der Waals surface area contributed by atoms with Crippen molar-refractivity contribution in [2.75, 3.05) is 0 Å². The lowest BCUT2D eigenvalue weighted by atomic mass is 9.74. The minimum atomic E-state index is -0.812. The number of nitrogens with one attached hydrogen (secondary N) is 1. The van der Waals surface area contributed by atoms with Crippen molar-refractivity contribution in [1.29, 1.82) is 0 Å². The van der Waals surface area contributed by atoms with Crippen molar-refractivity contribution in [1.82, 2.24) is 5.32 Å². The normalized spacial score (nSPS) is 19.5. The Morgan fingerprint density at radius 3 is 2.73 bits per heavy atom. The summed E-state index contributed by atoms with van der Waals surface area (Å²) in [7, 11) is 0. The van der Waals surface area contributed by atoms with Gasteiger partial charge in [-0.1, -0.05) is 13.8 Å². The molecule has 5 heteroatoms. The van der Waals surface area contributed by atoms with Crippen LogP contribution in [0.2, 0.25) is 0 Å². The predicted octanol–water partition coefficient (Wildman–Crippen LogP) is 3.36. The first-order valence-electron chi connectivity index (χ1n) is 7.87. The van der Waals surface area contributed by atoms with E-state index in [9.17, 15) is 9.59 Å². The van der Waals surface area contributed by atoms with Crippen LogP contribution >= 0.6 is 0 Å². The van der Waals surface area contributed by atoms with Gasteiger partial charge in [-0.05, 0) is 37.7 Å². The maximum absolute atomic E-state index is 12.1. The molecule has 1 atom stereocenters. The van der Waals surface area contributed by atoms with Gasteiger partial charge in [0.1, 0.15) is 11.5 Å². The molecular weight excluding hydrogens is 282 g/mol. The average Bonchev–Trinajstić information content (AvgIpc) is 2.73. The minimum absolute atomic E-state index is 0.0110. The van der Waals surface area contributed by atoms with Gasteiger partial charge in [-0.2, -0.15) is 0 Å². The Morgan fingerprint density at radius 1 is 1.36 bits per heavy atom. The second-order valence-corrected chi connectivity index (χ2v) is 7.00. The molecule has 122 valence electrons. The van der Waals surface area contributed by atoms with Crippen LogP contribution in [0.15, 0.2) is 10.5 Å². The Bertz CT molecular complexity index is 559. The number of carbonyl (C=O) groups excluding carboxylic acids is 1. The number of carboxylic acid groups (broad SMARTS) is 1. The van der Waals surface area contributed by atoms with Crippen LogP contribution in [0.1, 0.15) is 69.1 Å². The topological polar surface area (TPSA) is 79.5 Å². The summed E-state index contributed by atoms with van der Waals surface area (Å²) in [6.07, 6.45) is 3.41. The number of aryl methyl sites for hydroxylation is 1. The molecule has 5 nitrogen and oxygen atoms in total. The van der Waals surface area contributed by atoms with Gasteiger partial charge in [0.2, 0.25) is 5.91 Å². The number of carboxylic acids is 1. The van der Waals surface area contributed by atoms with E-state index in [-0.39, 0.29) is 23.8 Å². The van der Waals surface area contributed by atoms with Gasteiger partial charge in [0.15, 0.2) is 0 Å². The first-order chi connectivity index (χ1) is 10.3. The Kier molecular flexibility index (Phi) is 4.94. The summed E-state index contributed by atoms with van der Waals surface area (Å²) in [4.78, 5) is 22.6. The van der Waals surface area contributed by atoms with Crippen molar-refractivity contribution in [3.8, 4) is 0 Å². The molecule has 0 radical (unpaired) electrons. The van der Waals surface area contributed by atoms with Crippen molar-refractivity contribution in [2.45, 2.75) is 65.3 Å². The molecule has 0 aliphatic heterocycles. The van der Waals surface area contributed by atoms with Gasteiger partial charge < -0.3 is 14.8 Å². The van der Waals surface area contributed by atoms with Crippen molar-refractivity contribution in [3.05, 3.63) is 23.2 Å². The molecule has 0 bridgehead atoms. The Balaban J connectivity index is 1.94. The Labute approximate surface area is 131 Å². The third-order valence-corrected chi connectivity index (χ3v) is 4.12. The van der Waals surface area contributed by atoms with Crippen molar-refractivity contribution in [2.24, 2.45) is 5.41 Å². The molecular formula is C17H25NO4. The first-order valence-corrected chi connectivity index (χ1v) is 7.87. The summed E-state index contributed by atoms with van der Waals surface area (Å²) < 4.78 is 5.76. The summed E-state index contributed by atoms with van der Waals surface area (Å²) in [5, 5.41) is 11.7. The smallest absolute Gasteiger partial charge is 0.303 e. The average molecular weight is 307 g/mol. The van der Waals surface area contributed by atoms with E-state index in [1.54, 1.807) is 0 Å². The van der Waals surface area contributed by atoms with Gasteiger partial charge in [-0.15, -0.1) is 0 Å². The maximum atomic E-state index is 12.1. The number of furan rings is 1. The molecule has 0 fully saturated rings. The lowest BCUT2D eigenvalue weighted by Gasteiger charge is -2.34. The highest BCUT2D eigenvalue weighted by Crippen LogP contribution is 2.42. The van der Waals surface area contributed by atoms with Crippen LogP contribution in [-0.2, 0) is 16.0 Å². The van der Waals surface area contributed by atoms with Gasteiger partial charge in [0.25, 0.3) is 0 Å². The lowest BCUT2D eigenvalue weighted by Crippen LogP contribution is -2.35. The van der Waals surface area contributed by atoms with Gasteiger partial charge >= 0.3 is 5.97 Å². The fourth-order valence-electron chi connectivity index (χ4n) is 3.14. The molecule has 2 rings (SSSR count).